The molecule has 0 aliphatic carbocycles. The smallest absolute Gasteiger partial charge is 0.270 e. The van der Waals surface area contributed by atoms with Crippen molar-refractivity contribution in [2.45, 2.75) is 13.0 Å². The van der Waals surface area contributed by atoms with Crippen molar-refractivity contribution >= 4 is 16.7 Å². The Balaban J connectivity index is 1.64. The number of carbonyl (C=O) groups is 1. The molecule has 0 fully saturated rings. The van der Waals surface area contributed by atoms with Gasteiger partial charge in [-0.05, 0) is 42.1 Å². The van der Waals surface area contributed by atoms with Gasteiger partial charge in [0.25, 0.3) is 5.91 Å². The first-order chi connectivity index (χ1) is 13.7. The van der Waals surface area contributed by atoms with Crippen molar-refractivity contribution in [1.29, 1.82) is 0 Å². The van der Waals surface area contributed by atoms with Crippen LogP contribution in [0.25, 0.3) is 16.5 Å². The standard InChI is InChI=1S/C22H20N4O2/c1-15(17-7-5-6-16-14-23-12-10-18(16)17)25-22(27)20-11-13-24-26(20)19-8-3-4-9-21(19)28-2/h3-15H,1-2H3,(H,25,27)/t15-/m1/s1. The van der Waals surface area contributed by atoms with Crippen LogP contribution in [0.2, 0.25) is 0 Å². The van der Waals surface area contributed by atoms with E-state index in [-0.39, 0.29) is 11.9 Å². The van der Waals surface area contributed by atoms with Gasteiger partial charge in [-0.3, -0.25) is 9.78 Å². The molecule has 4 rings (SSSR count). The highest BCUT2D eigenvalue weighted by atomic mass is 16.5. The maximum atomic E-state index is 13.0. The molecule has 2 aromatic carbocycles. The number of pyridine rings is 1. The fraction of sp³-hybridized carbons (Fsp3) is 0.136. The molecule has 1 N–H and O–H groups in total. The van der Waals surface area contributed by atoms with Crippen LogP contribution in [-0.2, 0) is 0 Å². The molecule has 1 amide bonds. The Kier molecular flexibility index (Phi) is 4.76. The van der Waals surface area contributed by atoms with Gasteiger partial charge in [0.1, 0.15) is 17.1 Å². The largest absolute Gasteiger partial charge is 0.494 e. The van der Waals surface area contributed by atoms with E-state index in [1.807, 2.05) is 61.7 Å². The van der Waals surface area contributed by atoms with Crippen molar-refractivity contribution in [2.24, 2.45) is 0 Å². The molecule has 0 spiro atoms. The van der Waals surface area contributed by atoms with Crippen LogP contribution in [0, 0.1) is 0 Å². The number of benzene rings is 2. The summed E-state index contributed by atoms with van der Waals surface area (Å²) in [5.41, 5.74) is 2.19. The third-order valence-electron chi connectivity index (χ3n) is 4.72. The molecule has 2 aromatic heterocycles. The molecule has 28 heavy (non-hydrogen) atoms. The van der Waals surface area contributed by atoms with Gasteiger partial charge in [-0.1, -0.05) is 30.3 Å². The number of hydrogen-bond donors (Lipinski definition) is 1. The molecule has 0 saturated heterocycles. The summed E-state index contributed by atoms with van der Waals surface area (Å²) in [6, 6.07) is 16.9. The summed E-state index contributed by atoms with van der Waals surface area (Å²) in [6.45, 7) is 1.97. The van der Waals surface area contributed by atoms with E-state index >= 15 is 0 Å². The fourth-order valence-corrected chi connectivity index (χ4v) is 3.35. The summed E-state index contributed by atoms with van der Waals surface area (Å²) in [6.07, 6.45) is 5.19. The van der Waals surface area contributed by atoms with Crippen LogP contribution in [0.4, 0.5) is 0 Å². The second-order valence-electron chi connectivity index (χ2n) is 6.44. The predicted octanol–water partition coefficient (Wildman–Crippen LogP) is 3.92. The van der Waals surface area contributed by atoms with Crippen molar-refractivity contribution in [3.05, 3.63) is 84.4 Å². The first-order valence-electron chi connectivity index (χ1n) is 9.00. The molecular weight excluding hydrogens is 352 g/mol. The average molecular weight is 372 g/mol. The van der Waals surface area contributed by atoms with Crippen molar-refractivity contribution in [3.63, 3.8) is 0 Å². The SMILES string of the molecule is COc1ccccc1-n1nccc1C(=O)N[C@H](C)c1cccc2cnccc12. The van der Waals surface area contributed by atoms with E-state index in [0.29, 0.717) is 17.1 Å². The highest BCUT2D eigenvalue weighted by Crippen LogP contribution is 2.25. The van der Waals surface area contributed by atoms with Gasteiger partial charge in [0, 0.05) is 17.8 Å². The number of ether oxygens (including phenoxy) is 1. The molecule has 0 unspecified atom stereocenters. The van der Waals surface area contributed by atoms with E-state index in [1.165, 1.54) is 0 Å². The van der Waals surface area contributed by atoms with Crippen molar-refractivity contribution in [1.82, 2.24) is 20.1 Å². The second kappa shape index (κ2) is 7.52. The van der Waals surface area contributed by atoms with E-state index in [4.69, 9.17) is 4.74 Å². The molecule has 6 heteroatoms. The summed E-state index contributed by atoms with van der Waals surface area (Å²) < 4.78 is 7.00. The molecule has 0 bridgehead atoms. The molecule has 4 aromatic rings. The van der Waals surface area contributed by atoms with Gasteiger partial charge < -0.3 is 10.1 Å². The normalized spacial score (nSPS) is 11.9. The zero-order valence-electron chi connectivity index (χ0n) is 15.7. The third kappa shape index (κ3) is 3.20. The summed E-state index contributed by atoms with van der Waals surface area (Å²) in [5, 5.41) is 9.51. The Hall–Kier alpha value is -3.67. The van der Waals surface area contributed by atoms with Gasteiger partial charge in [-0.2, -0.15) is 5.10 Å². The van der Waals surface area contributed by atoms with Gasteiger partial charge in [-0.15, -0.1) is 0 Å². The maximum Gasteiger partial charge on any atom is 0.270 e. The van der Waals surface area contributed by atoms with E-state index in [2.05, 4.69) is 15.4 Å². The lowest BCUT2D eigenvalue weighted by atomic mass is 10.0. The van der Waals surface area contributed by atoms with E-state index in [9.17, 15) is 4.79 Å². The maximum absolute atomic E-state index is 13.0. The Morgan fingerprint density at radius 3 is 2.79 bits per heavy atom. The van der Waals surface area contributed by atoms with Crippen LogP contribution in [-0.4, -0.2) is 27.8 Å². The number of methoxy groups -OCH3 is 1. The van der Waals surface area contributed by atoms with Crippen LogP contribution in [0.1, 0.15) is 29.0 Å². The Bertz CT molecular complexity index is 1130. The van der Waals surface area contributed by atoms with Crippen LogP contribution in [0.15, 0.2) is 73.2 Å². The van der Waals surface area contributed by atoms with Crippen LogP contribution in [0.5, 0.6) is 5.75 Å². The summed E-state index contributed by atoms with van der Waals surface area (Å²) in [5.74, 6) is 0.441. The summed E-state index contributed by atoms with van der Waals surface area (Å²) >= 11 is 0. The molecule has 2 heterocycles. The quantitative estimate of drug-likeness (QED) is 0.576. The van der Waals surface area contributed by atoms with Gasteiger partial charge in [0.05, 0.1) is 19.3 Å². The Labute approximate surface area is 162 Å². The highest BCUT2D eigenvalue weighted by Gasteiger charge is 2.19. The van der Waals surface area contributed by atoms with E-state index in [1.54, 1.807) is 30.3 Å². The lowest BCUT2D eigenvalue weighted by molar-refractivity contribution is 0.0932. The molecular formula is C22H20N4O2. The van der Waals surface area contributed by atoms with Crippen LogP contribution in [0.3, 0.4) is 0 Å². The molecule has 6 nitrogen and oxygen atoms in total. The lowest BCUT2D eigenvalue weighted by Gasteiger charge is -2.17. The second-order valence-corrected chi connectivity index (χ2v) is 6.44. The Morgan fingerprint density at radius 1 is 1.07 bits per heavy atom. The zero-order chi connectivity index (χ0) is 19.5. The molecule has 0 radical (unpaired) electrons. The van der Waals surface area contributed by atoms with Gasteiger partial charge in [0.15, 0.2) is 0 Å². The van der Waals surface area contributed by atoms with E-state index in [0.717, 1.165) is 16.3 Å². The first kappa shape index (κ1) is 17.7. The average Bonchev–Trinajstić information content (AvgIpc) is 3.23. The number of amides is 1. The Morgan fingerprint density at radius 2 is 1.93 bits per heavy atom. The van der Waals surface area contributed by atoms with Gasteiger partial charge in [-0.25, -0.2) is 4.68 Å². The van der Waals surface area contributed by atoms with Gasteiger partial charge >= 0.3 is 0 Å². The number of para-hydroxylation sites is 2. The number of nitrogens with zero attached hydrogens (tertiary/aromatic N) is 3. The van der Waals surface area contributed by atoms with Crippen molar-refractivity contribution in [2.75, 3.05) is 7.11 Å². The molecule has 0 aliphatic rings. The van der Waals surface area contributed by atoms with Crippen molar-refractivity contribution in [3.8, 4) is 11.4 Å². The lowest BCUT2D eigenvalue weighted by Crippen LogP contribution is -2.28. The molecule has 0 saturated carbocycles. The van der Waals surface area contributed by atoms with Gasteiger partial charge in [0.2, 0.25) is 0 Å². The number of nitrogens with one attached hydrogen (secondary N) is 1. The topological polar surface area (TPSA) is 69.0 Å². The number of aromatic nitrogens is 3. The van der Waals surface area contributed by atoms with Crippen LogP contribution >= 0.6 is 0 Å². The minimum Gasteiger partial charge on any atom is -0.494 e. The number of hydrogen-bond acceptors (Lipinski definition) is 4. The molecule has 1 atom stereocenters. The summed E-state index contributed by atoms with van der Waals surface area (Å²) in [7, 11) is 1.60. The van der Waals surface area contributed by atoms with E-state index < -0.39 is 0 Å². The van der Waals surface area contributed by atoms with Crippen LogP contribution < -0.4 is 10.1 Å². The fourth-order valence-electron chi connectivity index (χ4n) is 3.35. The zero-order valence-corrected chi connectivity index (χ0v) is 15.7. The summed E-state index contributed by atoms with van der Waals surface area (Å²) in [4.78, 5) is 17.2. The molecule has 0 aliphatic heterocycles. The predicted molar refractivity (Wildman–Crippen MR) is 108 cm³/mol. The number of carbonyl (C=O) groups excluding carboxylic acids is 1. The number of fused-ring (bicyclic) bond motifs is 1. The minimum absolute atomic E-state index is 0.181. The molecule has 140 valence electrons. The highest BCUT2D eigenvalue weighted by molar-refractivity contribution is 5.94. The monoisotopic (exact) mass is 372 g/mol. The first-order valence-corrected chi connectivity index (χ1v) is 9.00. The number of rotatable bonds is 5. The third-order valence-corrected chi connectivity index (χ3v) is 4.72. The van der Waals surface area contributed by atoms with Crippen molar-refractivity contribution < 1.29 is 9.53 Å². The minimum atomic E-state index is -0.207.